The van der Waals surface area contributed by atoms with E-state index in [9.17, 15) is 4.79 Å². The third kappa shape index (κ3) is 3.09. The largest absolute Gasteiger partial charge is 0.337 e. The van der Waals surface area contributed by atoms with Crippen molar-refractivity contribution in [3.05, 3.63) is 0 Å². The van der Waals surface area contributed by atoms with Crippen molar-refractivity contribution < 1.29 is 4.79 Å². The molecule has 5 heteroatoms. The van der Waals surface area contributed by atoms with E-state index in [4.69, 9.17) is 0 Å². The van der Waals surface area contributed by atoms with E-state index in [0.29, 0.717) is 30.5 Å². The molecule has 0 aromatic carbocycles. The summed E-state index contributed by atoms with van der Waals surface area (Å²) in [6.45, 7) is 6.52. The first-order valence-electron chi connectivity index (χ1n) is 7.58. The third-order valence-corrected chi connectivity index (χ3v) is 5.81. The first kappa shape index (κ1) is 13.7. The number of rotatable bonds is 2. The Balaban J connectivity index is 1.56. The second-order valence-electron chi connectivity index (χ2n) is 6.12. The molecule has 1 N–H and O–H groups in total. The van der Waals surface area contributed by atoms with E-state index in [-0.39, 0.29) is 0 Å². The fourth-order valence-electron chi connectivity index (χ4n) is 3.61. The molecule has 4 nitrogen and oxygen atoms in total. The molecule has 0 saturated carbocycles. The normalized spacial score (nSPS) is 36.3. The van der Waals surface area contributed by atoms with Gasteiger partial charge in [-0.05, 0) is 26.3 Å². The highest BCUT2D eigenvalue weighted by atomic mass is 32.2. The number of piperazine rings is 1. The highest BCUT2D eigenvalue weighted by molar-refractivity contribution is 7.99. The fraction of sp³-hybridized carbons (Fsp3) is 0.929. The maximum absolute atomic E-state index is 12.5. The lowest BCUT2D eigenvalue weighted by Crippen LogP contribution is -2.57. The highest BCUT2D eigenvalue weighted by Crippen LogP contribution is 2.25. The standard InChI is InChI=1S/C14H25N3OS/c1-11-8-16-5-2-3-13(16)9-17(11)14(18)7-12-10-19-6-4-15-12/h11-13,15H,2-10H2,1H3. The van der Waals surface area contributed by atoms with Gasteiger partial charge in [0, 0.05) is 55.7 Å². The fourth-order valence-corrected chi connectivity index (χ4v) is 4.56. The van der Waals surface area contributed by atoms with Crippen molar-refractivity contribution in [3.63, 3.8) is 0 Å². The van der Waals surface area contributed by atoms with Crippen molar-refractivity contribution in [2.24, 2.45) is 0 Å². The average molecular weight is 283 g/mol. The number of hydrogen-bond acceptors (Lipinski definition) is 4. The van der Waals surface area contributed by atoms with E-state index in [1.165, 1.54) is 25.1 Å². The third-order valence-electron chi connectivity index (χ3n) is 4.68. The first-order valence-corrected chi connectivity index (χ1v) is 8.74. The van der Waals surface area contributed by atoms with Crippen LogP contribution in [0, 0.1) is 0 Å². The van der Waals surface area contributed by atoms with E-state index in [1.54, 1.807) is 0 Å². The van der Waals surface area contributed by atoms with Gasteiger partial charge in [0.2, 0.25) is 5.91 Å². The number of fused-ring (bicyclic) bond motifs is 1. The molecule has 3 unspecified atom stereocenters. The van der Waals surface area contributed by atoms with E-state index in [0.717, 1.165) is 25.4 Å². The summed E-state index contributed by atoms with van der Waals surface area (Å²) >= 11 is 1.97. The molecule has 0 radical (unpaired) electrons. The molecule has 0 aromatic rings. The number of carbonyl (C=O) groups is 1. The molecule has 3 atom stereocenters. The summed E-state index contributed by atoms with van der Waals surface area (Å²) < 4.78 is 0. The first-order chi connectivity index (χ1) is 9.24. The molecular formula is C14H25N3OS. The molecule has 0 spiro atoms. The lowest BCUT2D eigenvalue weighted by molar-refractivity contribution is -0.137. The van der Waals surface area contributed by atoms with E-state index in [2.05, 4.69) is 22.0 Å². The van der Waals surface area contributed by atoms with Crippen LogP contribution in [0.2, 0.25) is 0 Å². The summed E-state index contributed by atoms with van der Waals surface area (Å²) in [6.07, 6.45) is 3.26. The zero-order valence-corrected chi connectivity index (χ0v) is 12.6. The summed E-state index contributed by atoms with van der Waals surface area (Å²) in [4.78, 5) is 17.2. The number of hydrogen-bond donors (Lipinski definition) is 1. The summed E-state index contributed by atoms with van der Waals surface area (Å²) in [7, 11) is 0. The van der Waals surface area contributed by atoms with Crippen LogP contribution >= 0.6 is 11.8 Å². The topological polar surface area (TPSA) is 35.6 Å². The Hall–Kier alpha value is -0.260. The highest BCUT2D eigenvalue weighted by Gasteiger charge is 2.36. The molecule has 3 aliphatic heterocycles. The lowest BCUT2D eigenvalue weighted by Gasteiger charge is -2.43. The van der Waals surface area contributed by atoms with Gasteiger partial charge in [0.15, 0.2) is 0 Å². The molecule has 3 fully saturated rings. The minimum absolute atomic E-state index is 0.360. The van der Waals surface area contributed by atoms with Crippen molar-refractivity contribution in [2.75, 3.05) is 37.7 Å². The van der Waals surface area contributed by atoms with Crippen molar-refractivity contribution in [2.45, 2.75) is 44.3 Å². The zero-order chi connectivity index (χ0) is 13.2. The van der Waals surface area contributed by atoms with Gasteiger partial charge in [-0.3, -0.25) is 9.69 Å². The van der Waals surface area contributed by atoms with Crippen LogP contribution in [0.5, 0.6) is 0 Å². The van der Waals surface area contributed by atoms with Crippen LogP contribution in [-0.4, -0.2) is 71.5 Å². The van der Waals surface area contributed by atoms with Crippen molar-refractivity contribution >= 4 is 17.7 Å². The van der Waals surface area contributed by atoms with Crippen LogP contribution in [0.1, 0.15) is 26.2 Å². The average Bonchev–Trinajstić information content (AvgIpc) is 2.86. The van der Waals surface area contributed by atoms with Gasteiger partial charge < -0.3 is 10.2 Å². The van der Waals surface area contributed by atoms with Gasteiger partial charge in [-0.1, -0.05) is 0 Å². The summed E-state index contributed by atoms with van der Waals surface area (Å²) in [5, 5.41) is 3.47. The van der Waals surface area contributed by atoms with Crippen LogP contribution in [0.3, 0.4) is 0 Å². The molecule has 19 heavy (non-hydrogen) atoms. The molecule has 3 heterocycles. The summed E-state index contributed by atoms with van der Waals surface area (Å²) in [6, 6.07) is 1.41. The van der Waals surface area contributed by atoms with Gasteiger partial charge in [0.1, 0.15) is 0 Å². The number of nitrogens with one attached hydrogen (secondary N) is 1. The SMILES string of the molecule is CC1CN2CCCC2CN1C(=O)CC1CSCCN1. The molecule has 0 aliphatic carbocycles. The summed E-state index contributed by atoms with van der Waals surface area (Å²) in [5.74, 6) is 2.63. The summed E-state index contributed by atoms with van der Waals surface area (Å²) in [5.41, 5.74) is 0. The minimum Gasteiger partial charge on any atom is -0.337 e. The predicted molar refractivity (Wildman–Crippen MR) is 79.5 cm³/mol. The Morgan fingerprint density at radius 1 is 1.42 bits per heavy atom. The van der Waals surface area contributed by atoms with Gasteiger partial charge in [-0.2, -0.15) is 11.8 Å². The molecule has 108 valence electrons. The van der Waals surface area contributed by atoms with Gasteiger partial charge in [-0.25, -0.2) is 0 Å². The number of thioether (sulfide) groups is 1. The minimum atomic E-state index is 0.360. The van der Waals surface area contributed by atoms with Crippen molar-refractivity contribution in [1.29, 1.82) is 0 Å². The zero-order valence-electron chi connectivity index (χ0n) is 11.8. The molecule has 3 aliphatic rings. The van der Waals surface area contributed by atoms with Gasteiger partial charge in [-0.15, -0.1) is 0 Å². The van der Waals surface area contributed by atoms with Crippen LogP contribution in [-0.2, 0) is 4.79 Å². The number of nitrogens with zero attached hydrogens (tertiary/aromatic N) is 2. The quantitative estimate of drug-likeness (QED) is 0.812. The Kier molecular flexibility index (Phi) is 4.34. The number of carbonyl (C=O) groups excluding carboxylic acids is 1. The van der Waals surface area contributed by atoms with E-state index >= 15 is 0 Å². The second-order valence-corrected chi connectivity index (χ2v) is 7.27. The maximum atomic E-state index is 12.5. The monoisotopic (exact) mass is 283 g/mol. The maximum Gasteiger partial charge on any atom is 0.224 e. The van der Waals surface area contributed by atoms with E-state index in [1.807, 2.05) is 11.8 Å². The molecular weight excluding hydrogens is 258 g/mol. The Morgan fingerprint density at radius 3 is 3.11 bits per heavy atom. The predicted octanol–water partition coefficient (Wildman–Crippen LogP) is 0.777. The van der Waals surface area contributed by atoms with Gasteiger partial charge >= 0.3 is 0 Å². The molecule has 0 bridgehead atoms. The molecule has 0 aromatic heterocycles. The van der Waals surface area contributed by atoms with E-state index < -0.39 is 0 Å². The molecule has 1 amide bonds. The van der Waals surface area contributed by atoms with Crippen molar-refractivity contribution in [3.8, 4) is 0 Å². The number of amides is 1. The lowest BCUT2D eigenvalue weighted by atomic mass is 10.1. The van der Waals surface area contributed by atoms with Gasteiger partial charge in [0.25, 0.3) is 0 Å². The van der Waals surface area contributed by atoms with Crippen LogP contribution in [0.15, 0.2) is 0 Å². The van der Waals surface area contributed by atoms with Crippen LogP contribution in [0.4, 0.5) is 0 Å². The Labute approximate surface area is 120 Å². The second kappa shape index (κ2) is 6.02. The van der Waals surface area contributed by atoms with Crippen LogP contribution < -0.4 is 5.32 Å². The van der Waals surface area contributed by atoms with Gasteiger partial charge in [0.05, 0.1) is 0 Å². The Morgan fingerprint density at radius 2 is 2.32 bits per heavy atom. The van der Waals surface area contributed by atoms with Crippen LogP contribution in [0.25, 0.3) is 0 Å². The smallest absolute Gasteiger partial charge is 0.224 e. The molecule has 3 saturated heterocycles. The van der Waals surface area contributed by atoms with Crippen molar-refractivity contribution in [1.82, 2.24) is 15.1 Å². The Bertz CT molecular complexity index is 333. The molecule has 3 rings (SSSR count).